The first kappa shape index (κ1) is 16.2. The average Bonchev–Trinajstić information content (AvgIpc) is 2.99. The summed E-state index contributed by atoms with van der Waals surface area (Å²) in [5.41, 5.74) is -0.180. The minimum absolute atomic E-state index is 0.0915. The summed E-state index contributed by atoms with van der Waals surface area (Å²) in [5, 5.41) is 2.81. The molecule has 9 heteroatoms. The predicted octanol–water partition coefficient (Wildman–Crippen LogP) is 2.90. The number of fused-ring (bicyclic) bond motifs is 1. The summed E-state index contributed by atoms with van der Waals surface area (Å²) >= 11 is 0. The normalized spacial score (nSPS) is 13.0. The molecular weight excluding hydrogens is 325 g/mol. The zero-order chi connectivity index (χ0) is 17.3. The summed E-state index contributed by atoms with van der Waals surface area (Å²) in [5.74, 6) is 1.33. The molecule has 0 fully saturated rings. The van der Waals surface area contributed by atoms with Gasteiger partial charge in [-0.25, -0.2) is 4.98 Å². The number of hydrogen-bond acceptors (Lipinski definition) is 6. The topological polar surface area (TPSA) is 59.5 Å². The molecule has 1 aliphatic rings. The van der Waals surface area contributed by atoms with Gasteiger partial charge in [-0.3, -0.25) is 0 Å². The van der Waals surface area contributed by atoms with Crippen LogP contribution in [0.2, 0.25) is 0 Å². The van der Waals surface area contributed by atoms with E-state index in [1.807, 2.05) is 0 Å². The van der Waals surface area contributed by atoms with Crippen molar-refractivity contribution in [2.75, 3.05) is 31.1 Å². The molecule has 128 valence electrons. The number of rotatable bonds is 4. The first-order valence-corrected chi connectivity index (χ1v) is 7.09. The Bertz CT molecular complexity index is 750. The minimum atomic E-state index is -4.54. The second-order valence-corrected chi connectivity index (χ2v) is 5.37. The second kappa shape index (κ2) is 6.06. The zero-order valence-electron chi connectivity index (χ0n) is 13.0. The van der Waals surface area contributed by atoms with Gasteiger partial charge in [-0.2, -0.15) is 18.2 Å². The van der Waals surface area contributed by atoms with E-state index in [-0.39, 0.29) is 25.1 Å². The van der Waals surface area contributed by atoms with Crippen molar-refractivity contribution in [3.8, 4) is 11.5 Å². The Labute approximate surface area is 136 Å². The molecule has 0 radical (unpaired) electrons. The van der Waals surface area contributed by atoms with Gasteiger partial charge < -0.3 is 19.7 Å². The van der Waals surface area contributed by atoms with Crippen LogP contribution in [0.3, 0.4) is 0 Å². The van der Waals surface area contributed by atoms with Crippen LogP contribution in [0.1, 0.15) is 11.3 Å². The van der Waals surface area contributed by atoms with Gasteiger partial charge in [0.1, 0.15) is 5.82 Å². The maximum absolute atomic E-state index is 13.0. The zero-order valence-corrected chi connectivity index (χ0v) is 13.0. The molecule has 2 aromatic rings. The van der Waals surface area contributed by atoms with Gasteiger partial charge in [0, 0.05) is 26.7 Å². The lowest BCUT2D eigenvalue weighted by Crippen LogP contribution is -2.17. The van der Waals surface area contributed by atoms with Gasteiger partial charge >= 0.3 is 6.18 Å². The quantitative estimate of drug-likeness (QED) is 0.924. The van der Waals surface area contributed by atoms with Gasteiger partial charge in [0.15, 0.2) is 17.2 Å². The number of alkyl halides is 3. The molecule has 0 aliphatic carbocycles. The molecule has 0 spiro atoms. The third kappa shape index (κ3) is 3.44. The fourth-order valence-corrected chi connectivity index (χ4v) is 2.12. The first-order valence-electron chi connectivity index (χ1n) is 7.09. The Hall–Kier alpha value is -2.71. The van der Waals surface area contributed by atoms with Crippen LogP contribution in [0.4, 0.5) is 24.9 Å². The smallest absolute Gasteiger partial charge is 0.433 e. The fraction of sp³-hybridized carbons (Fsp3) is 0.333. The van der Waals surface area contributed by atoms with Gasteiger partial charge in [0.05, 0.1) is 0 Å². The Morgan fingerprint density at radius 1 is 1.12 bits per heavy atom. The summed E-state index contributed by atoms with van der Waals surface area (Å²) in [7, 11) is 3.23. The van der Waals surface area contributed by atoms with Gasteiger partial charge in [-0.15, -0.1) is 0 Å². The van der Waals surface area contributed by atoms with E-state index in [0.29, 0.717) is 11.5 Å². The summed E-state index contributed by atoms with van der Waals surface area (Å²) in [6.45, 7) is 0.417. The largest absolute Gasteiger partial charge is 0.454 e. The monoisotopic (exact) mass is 340 g/mol. The maximum Gasteiger partial charge on any atom is 0.433 e. The predicted molar refractivity (Wildman–Crippen MR) is 81.3 cm³/mol. The Balaban J connectivity index is 1.80. The lowest BCUT2D eigenvalue weighted by atomic mass is 10.2. The number of hydrogen-bond donors (Lipinski definition) is 1. The van der Waals surface area contributed by atoms with Crippen LogP contribution in [-0.2, 0) is 12.7 Å². The molecule has 2 heterocycles. The molecule has 6 nitrogen and oxygen atoms in total. The van der Waals surface area contributed by atoms with Gasteiger partial charge in [0.2, 0.25) is 12.7 Å². The highest BCUT2D eigenvalue weighted by atomic mass is 19.4. The number of anilines is 2. The highest BCUT2D eigenvalue weighted by Crippen LogP contribution is 2.33. The number of nitrogens with one attached hydrogen (secondary N) is 1. The van der Waals surface area contributed by atoms with E-state index < -0.39 is 11.9 Å². The minimum Gasteiger partial charge on any atom is -0.454 e. The van der Waals surface area contributed by atoms with Crippen molar-refractivity contribution in [3.63, 3.8) is 0 Å². The summed E-state index contributed by atoms with van der Waals surface area (Å²) in [6, 6.07) is 6.21. The van der Waals surface area contributed by atoms with Crippen LogP contribution in [0.25, 0.3) is 0 Å². The molecule has 0 atom stereocenters. The van der Waals surface area contributed by atoms with Crippen molar-refractivity contribution in [1.29, 1.82) is 0 Å². The highest BCUT2D eigenvalue weighted by molar-refractivity contribution is 5.47. The third-order valence-corrected chi connectivity index (χ3v) is 3.35. The van der Waals surface area contributed by atoms with Crippen LogP contribution in [0, 0.1) is 0 Å². The number of halogens is 3. The molecule has 0 amide bonds. The molecule has 1 aromatic carbocycles. The highest BCUT2D eigenvalue weighted by Gasteiger charge is 2.34. The van der Waals surface area contributed by atoms with Crippen molar-refractivity contribution in [2.45, 2.75) is 12.7 Å². The van der Waals surface area contributed by atoms with E-state index in [1.54, 1.807) is 32.3 Å². The van der Waals surface area contributed by atoms with Crippen molar-refractivity contribution >= 4 is 11.8 Å². The Kier molecular flexibility index (Phi) is 4.08. The van der Waals surface area contributed by atoms with Gasteiger partial charge in [-0.05, 0) is 17.7 Å². The molecule has 0 unspecified atom stereocenters. The van der Waals surface area contributed by atoms with E-state index >= 15 is 0 Å². The van der Waals surface area contributed by atoms with Gasteiger partial charge in [0.25, 0.3) is 0 Å². The lowest BCUT2D eigenvalue weighted by molar-refractivity contribution is -0.141. The van der Waals surface area contributed by atoms with Crippen LogP contribution in [0.15, 0.2) is 24.3 Å². The van der Waals surface area contributed by atoms with Crippen LogP contribution >= 0.6 is 0 Å². The average molecular weight is 340 g/mol. The first-order chi connectivity index (χ1) is 11.3. The van der Waals surface area contributed by atoms with E-state index in [4.69, 9.17) is 9.47 Å². The van der Waals surface area contributed by atoms with E-state index in [0.717, 1.165) is 11.6 Å². The van der Waals surface area contributed by atoms with Crippen LogP contribution in [0.5, 0.6) is 11.5 Å². The van der Waals surface area contributed by atoms with Crippen molar-refractivity contribution in [1.82, 2.24) is 9.97 Å². The molecule has 1 aromatic heterocycles. The van der Waals surface area contributed by atoms with Crippen molar-refractivity contribution < 1.29 is 22.6 Å². The summed E-state index contributed by atoms with van der Waals surface area (Å²) < 4.78 is 49.4. The van der Waals surface area contributed by atoms with Crippen molar-refractivity contribution in [2.24, 2.45) is 0 Å². The standard InChI is InChI=1S/C15H15F3N4O2/c1-22(2)13-6-12(15(16,17)18)20-14(21-13)19-7-9-3-4-10-11(5-9)24-8-23-10/h3-6H,7-8H2,1-2H3,(H,19,20,21). The Morgan fingerprint density at radius 2 is 1.88 bits per heavy atom. The van der Waals surface area contributed by atoms with E-state index in [9.17, 15) is 13.2 Å². The number of aromatic nitrogens is 2. The summed E-state index contributed by atoms with van der Waals surface area (Å²) in [4.78, 5) is 9.12. The second-order valence-electron chi connectivity index (χ2n) is 5.37. The maximum atomic E-state index is 13.0. The molecule has 0 bridgehead atoms. The molecule has 0 saturated heterocycles. The molecular formula is C15H15F3N4O2. The summed E-state index contributed by atoms with van der Waals surface area (Å²) in [6.07, 6.45) is -4.54. The van der Waals surface area contributed by atoms with Crippen LogP contribution in [-0.4, -0.2) is 30.9 Å². The van der Waals surface area contributed by atoms with Crippen LogP contribution < -0.4 is 19.7 Å². The number of ether oxygens (including phenoxy) is 2. The lowest BCUT2D eigenvalue weighted by Gasteiger charge is -2.16. The number of benzene rings is 1. The fourth-order valence-electron chi connectivity index (χ4n) is 2.12. The SMILES string of the molecule is CN(C)c1cc(C(F)(F)F)nc(NCc2ccc3c(c2)OCO3)n1. The van der Waals surface area contributed by atoms with Crippen molar-refractivity contribution in [3.05, 3.63) is 35.5 Å². The molecule has 1 aliphatic heterocycles. The molecule has 0 saturated carbocycles. The molecule has 3 rings (SSSR count). The Morgan fingerprint density at radius 3 is 2.58 bits per heavy atom. The number of nitrogens with zero attached hydrogens (tertiary/aromatic N) is 3. The molecule has 24 heavy (non-hydrogen) atoms. The third-order valence-electron chi connectivity index (χ3n) is 3.35. The van der Waals surface area contributed by atoms with E-state index in [1.165, 1.54) is 4.90 Å². The van der Waals surface area contributed by atoms with Gasteiger partial charge in [-0.1, -0.05) is 6.07 Å². The van der Waals surface area contributed by atoms with E-state index in [2.05, 4.69) is 15.3 Å². The molecule has 1 N–H and O–H groups in total.